The molecule has 0 saturated heterocycles. The zero-order chi connectivity index (χ0) is 10.7. The molecule has 2 rings (SSSR count). The molecule has 2 aromatic rings. The predicted molar refractivity (Wildman–Crippen MR) is 56.3 cm³/mol. The second kappa shape index (κ2) is 4.06. The number of carbonyl (C=O) groups excluding carboxylic acids is 1. The Balaban J connectivity index is 2.27. The Morgan fingerprint density at radius 3 is 2.60 bits per heavy atom. The van der Waals surface area contributed by atoms with Gasteiger partial charge in [-0.1, -0.05) is 12.1 Å². The van der Waals surface area contributed by atoms with E-state index >= 15 is 0 Å². The summed E-state index contributed by atoms with van der Waals surface area (Å²) in [5, 5.41) is 3.88. The van der Waals surface area contributed by atoms with Crippen LogP contribution < -0.4 is 5.73 Å². The molecule has 1 aromatic carbocycles. The largest absolute Gasteiger partial charge is 0.326 e. The van der Waals surface area contributed by atoms with Gasteiger partial charge in [-0.25, -0.2) is 4.68 Å². The van der Waals surface area contributed by atoms with E-state index < -0.39 is 0 Å². The van der Waals surface area contributed by atoms with Crippen LogP contribution in [0.4, 0.5) is 0 Å². The molecule has 4 heteroatoms. The van der Waals surface area contributed by atoms with E-state index in [4.69, 9.17) is 5.73 Å². The second-order valence-corrected chi connectivity index (χ2v) is 3.16. The van der Waals surface area contributed by atoms with Crippen LogP contribution in [-0.2, 0) is 6.54 Å². The molecule has 76 valence electrons. The molecular weight excluding hydrogens is 190 g/mol. The summed E-state index contributed by atoms with van der Waals surface area (Å²) in [5.41, 5.74) is 7.08. The number of nitrogens with two attached hydrogens (primary N) is 1. The number of hydrogen-bond acceptors (Lipinski definition) is 3. The first-order valence-corrected chi connectivity index (χ1v) is 4.64. The van der Waals surface area contributed by atoms with Crippen LogP contribution >= 0.6 is 0 Å². The number of hydrogen-bond donors (Lipinski definition) is 1. The molecule has 0 spiro atoms. The Kier molecular flexibility index (Phi) is 2.60. The summed E-state index contributed by atoms with van der Waals surface area (Å²) in [6.07, 6.45) is 3.20. The van der Waals surface area contributed by atoms with Crippen LogP contribution in [0.15, 0.2) is 42.7 Å². The summed E-state index contributed by atoms with van der Waals surface area (Å²) in [4.78, 5) is 11.8. The molecule has 4 nitrogen and oxygen atoms in total. The topological polar surface area (TPSA) is 60.9 Å². The zero-order valence-electron chi connectivity index (χ0n) is 8.13. The highest BCUT2D eigenvalue weighted by molar-refractivity contribution is 5.95. The summed E-state index contributed by atoms with van der Waals surface area (Å²) >= 11 is 0. The smallest absolute Gasteiger partial charge is 0.278 e. The fourth-order valence-corrected chi connectivity index (χ4v) is 1.30. The molecule has 1 aromatic heterocycles. The average Bonchev–Trinajstić information content (AvgIpc) is 2.82. The third kappa shape index (κ3) is 1.94. The van der Waals surface area contributed by atoms with Crippen LogP contribution in [-0.4, -0.2) is 15.7 Å². The summed E-state index contributed by atoms with van der Waals surface area (Å²) in [6, 6.07) is 8.91. The molecule has 0 saturated carbocycles. The van der Waals surface area contributed by atoms with Crippen molar-refractivity contribution >= 4 is 5.91 Å². The first kappa shape index (κ1) is 9.61. The lowest BCUT2D eigenvalue weighted by molar-refractivity contribution is 0.0945. The van der Waals surface area contributed by atoms with Crippen LogP contribution in [0.5, 0.6) is 0 Å². The minimum Gasteiger partial charge on any atom is -0.326 e. The van der Waals surface area contributed by atoms with Crippen molar-refractivity contribution in [2.24, 2.45) is 5.73 Å². The van der Waals surface area contributed by atoms with Crippen LogP contribution in [0.1, 0.15) is 15.9 Å². The molecule has 0 unspecified atom stereocenters. The van der Waals surface area contributed by atoms with E-state index in [0.29, 0.717) is 12.1 Å². The first-order chi connectivity index (χ1) is 7.31. The monoisotopic (exact) mass is 201 g/mol. The average molecular weight is 201 g/mol. The summed E-state index contributed by atoms with van der Waals surface area (Å²) in [6.45, 7) is 0.482. The first-order valence-electron chi connectivity index (χ1n) is 4.64. The van der Waals surface area contributed by atoms with E-state index in [1.165, 1.54) is 4.68 Å². The maximum absolute atomic E-state index is 11.8. The van der Waals surface area contributed by atoms with Crippen LogP contribution in [0, 0.1) is 0 Å². The van der Waals surface area contributed by atoms with Crippen molar-refractivity contribution in [3.63, 3.8) is 0 Å². The van der Waals surface area contributed by atoms with Crippen molar-refractivity contribution in [1.82, 2.24) is 9.78 Å². The second-order valence-electron chi connectivity index (χ2n) is 3.16. The number of rotatable bonds is 2. The van der Waals surface area contributed by atoms with Gasteiger partial charge in [0.1, 0.15) is 0 Å². The molecule has 0 amide bonds. The maximum Gasteiger partial charge on any atom is 0.278 e. The highest BCUT2D eigenvalue weighted by atomic mass is 16.2. The maximum atomic E-state index is 11.8. The van der Waals surface area contributed by atoms with Crippen molar-refractivity contribution in [1.29, 1.82) is 0 Å². The van der Waals surface area contributed by atoms with Gasteiger partial charge in [0, 0.05) is 24.5 Å². The lowest BCUT2D eigenvalue weighted by Gasteiger charge is -2.01. The van der Waals surface area contributed by atoms with E-state index in [-0.39, 0.29) is 5.91 Å². The Morgan fingerprint density at radius 2 is 2.07 bits per heavy atom. The third-order valence-corrected chi connectivity index (χ3v) is 2.15. The highest BCUT2D eigenvalue weighted by Gasteiger charge is 2.07. The fourth-order valence-electron chi connectivity index (χ4n) is 1.30. The Hall–Kier alpha value is -1.94. The van der Waals surface area contributed by atoms with E-state index in [0.717, 1.165) is 5.56 Å². The molecule has 0 bridgehead atoms. The number of benzene rings is 1. The van der Waals surface area contributed by atoms with Gasteiger partial charge < -0.3 is 5.73 Å². The van der Waals surface area contributed by atoms with E-state index in [9.17, 15) is 4.79 Å². The lowest BCUT2D eigenvalue weighted by Crippen LogP contribution is -2.12. The normalized spacial score (nSPS) is 10.2. The fraction of sp³-hybridized carbons (Fsp3) is 0.0909. The van der Waals surface area contributed by atoms with Gasteiger partial charge in [0.05, 0.1) is 0 Å². The molecule has 0 aliphatic rings. The summed E-state index contributed by atoms with van der Waals surface area (Å²) in [7, 11) is 0. The van der Waals surface area contributed by atoms with Crippen LogP contribution in [0.25, 0.3) is 0 Å². The standard InChI is InChI=1S/C11H11N3O/c12-8-9-2-4-10(5-3-9)11(15)14-7-1-6-13-14/h1-7H,8,12H2. The zero-order valence-corrected chi connectivity index (χ0v) is 8.13. The van der Waals surface area contributed by atoms with Crippen molar-refractivity contribution in [2.75, 3.05) is 0 Å². The Labute approximate surface area is 87.3 Å². The number of nitrogens with zero attached hydrogens (tertiary/aromatic N) is 2. The van der Waals surface area contributed by atoms with E-state index in [2.05, 4.69) is 5.10 Å². The minimum absolute atomic E-state index is 0.136. The van der Waals surface area contributed by atoms with Gasteiger partial charge in [-0.3, -0.25) is 4.79 Å². The summed E-state index contributed by atoms with van der Waals surface area (Å²) < 4.78 is 1.30. The number of carbonyl (C=O) groups is 1. The highest BCUT2D eigenvalue weighted by Crippen LogP contribution is 2.05. The van der Waals surface area contributed by atoms with Gasteiger partial charge in [-0.15, -0.1) is 0 Å². The van der Waals surface area contributed by atoms with Gasteiger partial charge in [0.2, 0.25) is 0 Å². The summed E-state index contributed by atoms with van der Waals surface area (Å²) in [5.74, 6) is -0.136. The molecule has 0 aliphatic heterocycles. The molecule has 15 heavy (non-hydrogen) atoms. The van der Waals surface area contributed by atoms with E-state index in [1.54, 1.807) is 30.6 Å². The third-order valence-electron chi connectivity index (χ3n) is 2.15. The molecule has 0 radical (unpaired) electrons. The van der Waals surface area contributed by atoms with Gasteiger partial charge in [-0.2, -0.15) is 5.10 Å². The van der Waals surface area contributed by atoms with Crippen LogP contribution in [0.2, 0.25) is 0 Å². The van der Waals surface area contributed by atoms with Gasteiger partial charge in [0.15, 0.2) is 0 Å². The SMILES string of the molecule is NCc1ccc(C(=O)n2cccn2)cc1. The Bertz CT molecular complexity index is 445. The number of aromatic nitrogens is 2. The van der Waals surface area contributed by atoms with Gasteiger partial charge >= 0.3 is 0 Å². The molecular formula is C11H11N3O. The van der Waals surface area contributed by atoms with Crippen molar-refractivity contribution < 1.29 is 4.79 Å². The van der Waals surface area contributed by atoms with Gasteiger partial charge in [-0.05, 0) is 23.8 Å². The van der Waals surface area contributed by atoms with Crippen molar-refractivity contribution in [3.05, 3.63) is 53.9 Å². The lowest BCUT2D eigenvalue weighted by atomic mass is 10.1. The minimum atomic E-state index is -0.136. The molecule has 0 fully saturated rings. The van der Waals surface area contributed by atoms with Gasteiger partial charge in [0.25, 0.3) is 5.91 Å². The van der Waals surface area contributed by atoms with Crippen LogP contribution in [0.3, 0.4) is 0 Å². The molecule has 0 atom stereocenters. The molecule has 2 N–H and O–H groups in total. The molecule has 0 aliphatic carbocycles. The predicted octanol–water partition coefficient (Wildman–Crippen LogP) is 1.03. The quantitative estimate of drug-likeness (QED) is 0.789. The van der Waals surface area contributed by atoms with Crippen molar-refractivity contribution in [2.45, 2.75) is 6.54 Å². The van der Waals surface area contributed by atoms with Crippen molar-refractivity contribution in [3.8, 4) is 0 Å². The van der Waals surface area contributed by atoms with E-state index in [1.807, 2.05) is 12.1 Å². The molecule has 1 heterocycles. The Morgan fingerprint density at radius 1 is 1.33 bits per heavy atom.